The molecule has 0 amide bonds. The molecule has 0 aromatic carbocycles. The molecule has 1 unspecified atom stereocenters. The first kappa shape index (κ1) is 27.2. The van der Waals surface area contributed by atoms with Crippen molar-refractivity contribution in [2.45, 2.75) is 122 Å². The van der Waals surface area contributed by atoms with Gasteiger partial charge in [-0.3, -0.25) is 0 Å². The van der Waals surface area contributed by atoms with Crippen LogP contribution in [0.4, 0.5) is 0 Å². The van der Waals surface area contributed by atoms with Gasteiger partial charge < -0.3 is 14.0 Å². The molecule has 0 heterocycles. The largest absolute Gasteiger partial charge is 0.413 e. The molecule has 33 heavy (non-hydrogen) atoms. The van der Waals surface area contributed by atoms with Crippen LogP contribution in [0.3, 0.4) is 0 Å². The van der Waals surface area contributed by atoms with Gasteiger partial charge in [-0.25, -0.2) is 0 Å². The molecule has 5 heteroatoms. The summed E-state index contributed by atoms with van der Waals surface area (Å²) in [5, 5.41) is 9.57. The van der Waals surface area contributed by atoms with E-state index in [1.807, 2.05) is 0 Å². The second-order valence-corrected chi connectivity index (χ2v) is 23.4. The number of allylic oxidation sites excluding steroid dienone is 2. The molecule has 0 radical (unpaired) electrons. The number of hydrogen-bond acceptors (Lipinski definition) is 3. The second kappa shape index (κ2) is 8.93. The monoisotopic (exact) mass is 490 g/mol. The molecule has 188 valence electrons. The molecule has 0 spiro atoms. The molecule has 3 rings (SSSR count). The quantitative estimate of drug-likeness (QED) is 0.170. The van der Waals surface area contributed by atoms with Crippen LogP contribution in [-0.4, -0.2) is 40.1 Å². The molecular formula is C28H50O3Si2. The minimum Gasteiger partial charge on any atom is -0.413 e. The molecule has 0 aromatic heterocycles. The summed E-state index contributed by atoms with van der Waals surface area (Å²) in [6.07, 6.45) is 6.76. The first-order valence-electron chi connectivity index (χ1n) is 13.2. The third-order valence-electron chi connectivity index (χ3n) is 9.63. The van der Waals surface area contributed by atoms with Crippen molar-refractivity contribution in [3.8, 4) is 11.8 Å². The van der Waals surface area contributed by atoms with Crippen LogP contribution in [0.1, 0.15) is 74.1 Å². The summed E-state index contributed by atoms with van der Waals surface area (Å²) in [4.78, 5) is 0. The standard InChI is InChI=1S/C28H50O3Si2/c1-20-21(14-12-13-19-29)22-15-16-23(30-32(8,9)26(2,3)4)25(24(20)22)28(17-18-28)31-33(10,11)27(5,6)7/h14,20,22-25,29H,12-13,15-16,19H2,1-11H3/b21-14-/t20?,22-,23+,24+,25-/m1/s1. The van der Waals surface area contributed by atoms with Crippen molar-refractivity contribution in [2.75, 3.05) is 6.61 Å². The van der Waals surface area contributed by atoms with Gasteiger partial charge in [0.25, 0.3) is 0 Å². The van der Waals surface area contributed by atoms with Crippen molar-refractivity contribution >= 4 is 16.6 Å². The molecule has 2 fully saturated rings. The Labute approximate surface area is 206 Å². The van der Waals surface area contributed by atoms with Gasteiger partial charge in [0.1, 0.15) is 0 Å². The van der Waals surface area contributed by atoms with Gasteiger partial charge in [0, 0.05) is 12.5 Å². The molecule has 5 atom stereocenters. The van der Waals surface area contributed by atoms with E-state index in [0.717, 1.165) is 19.3 Å². The third kappa shape index (κ3) is 5.12. The van der Waals surface area contributed by atoms with Crippen molar-refractivity contribution in [3.63, 3.8) is 0 Å². The molecule has 1 N–H and O–H groups in total. The highest BCUT2D eigenvalue weighted by molar-refractivity contribution is 6.74. The number of unbranched alkanes of at least 4 members (excludes halogenated alkanes) is 1. The van der Waals surface area contributed by atoms with Crippen molar-refractivity contribution < 1.29 is 14.0 Å². The Morgan fingerprint density at radius 2 is 1.58 bits per heavy atom. The van der Waals surface area contributed by atoms with Gasteiger partial charge in [-0.2, -0.15) is 0 Å². The van der Waals surface area contributed by atoms with Gasteiger partial charge in [-0.15, -0.1) is 0 Å². The highest BCUT2D eigenvalue weighted by Gasteiger charge is 2.64. The minimum atomic E-state index is -1.99. The molecule has 0 saturated heterocycles. The Morgan fingerprint density at radius 1 is 1.00 bits per heavy atom. The van der Waals surface area contributed by atoms with E-state index in [-0.39, 0.29) is 22.8 Å². The van der Waals surface area contributed by atoms with Crippen LogP contribution in [0.25, 0.3) is 0 Å². The van der Waals surface area contributed by atoms with Crippen LogP contribution >= 0.6 is 0 Å². The van der Waals surface area contributed by atoms with Gasteiger partial charge in [0.05, 0.1) is 6.10 Å². The summed E-state index contributed by atoms with van der Waals surface area (Å²) in [6.45, 7) is 26.1. The Balaban J connectivity index is 1.92. The summed E-state index contributed by atoms with van der Waals surface area (Å²) in [5.41, 5.74) is 1.14. The summed E-state index contributed by atoms with van der Waals surface area (Å²) in [5.74, 6) is 9.04. The van der Waals surface area contributed by atoms with Crippen molar-refractivity contribution in [1.29, 1.82) is 0 Å². The summed E-state index contributed by atoms with van der Waals surface area (Å²) >= 11 is 0. The van der Waals surface area contributed by atoms with Crippen molar-refractivity contribution in [3.05, 3.63) is 11.6 Å². The first-order valence-corrected chi connectivity index (χ1v) is 19.0. The lowest BCUT2D eigenvalue weighted by Crippen LogP contribution is -2.61. The van der Waals surface area contributed by atoms with E-state index in [9.17, 15) is 5.11 Å². The normalized spacial score (nSPS) is 32.6. The van der Waals surface area contributed by atoms with Crippen LogP contribution in [0.2, 0.25) is 36.3 Å². The Kier molecular flexibility index (Phi) is 7.36. The van der Waals surface area contributed by atoms with Gasteiger partial charge in [0.15, 0.2) is 22.2 Å². The fourth-order valence-electron chi connectivity index (χ4n) is 5.52. The van der Waals surface area contributed by atoms with E-state index >= 15 is 0 Å². The molecule has 2 saturated carbocycles. The maximum Gasteiger partial charge on any atom is 0.195 e. The van der Waals surface area contributed by atoms with E-state index in [2.05, 4.69) is 92.6 Å². The van der Waals surface area contributed by atoms with E-state index in [1.54, 1.807) is 5.57 Å². The average Bonchev–Trinajstić information content (AvgIpc) is 3.42. The number of aliphatic hydroxyl groups is 1. The summed E-state index contributed by atoms with van der Waals surface area (Å²) < 4.78 is 14.3. The third-order valence-corrected chi connectivity index (χ3v) is 18.6. The van der Waals surface area contributed by atoms with Crippen LogP contribution < -0.4 is 0 Å². The van der Waals surface area contributed by atoms with Crippen LogP contribution in [0, 0.1) is 35.5 Å². The Morgan fingerprint density at radius 3 is 2.06 bits per heavy atom. The predicted octanol–water partition coefficient (Wildman–Crippen LogP) is 7.15. The molecule has 3 nitrogen and oxygen atoms in total. The van der Waals surface area contributed by atoms with Crippen LogP contribution in [0.15, 0.2) is 11.6 Å². The number of rotatable bonds is 8. The highest BCUT2D eigenvalue weighted by atomic mass is 28.4. The zero-order valence-corrected chi connectivity index (χ0v) is 25.3. The lowest BCUT2D eigenvalue weighted by molar-refractivity contribution is -0.0862. The molecule has 0 bridgehead atoms. The van der Waals surface area contributed by atoms with E-state index in [1.165, 1.54) is 6.42 Å². The SMILES string of the molecule is CC1/C(=C/CCCO)[C@H]2CC[C@H](O[Si](C)(C)C(C)(C)C)[C@@H](C3(O[Si](C)(C)C(C)(C)C)C#C3)[C@@H]12. The Hall–Kier alpha value is -0.386. The summed E-state index contributed by atoms with van der Waals surface area (Å²) in [7, 11) is -3.91. The topological polar surface area (TPSA) is 38.7 Å². The number of fused-ring (bicyclic) bond motifs is 1. The van der Waals surface area contributed by atoms with Crippen LogP contribution in [0.5, 0.6) is 0 Å². The fraction of sp³-hybridized carbons (Fsp3) is 0.857. The van der Waals surface area contributed by atoms with E-state index < -0.39 is 22.2 Å². The second-order valence-electron chi connectivity index (χ2n) is 13.9. The fourth-order valence-corrected chi connectivity index (χ4v) is 8.25. The van der Waals surface area contributed by atoms with E-state index in [0.29, 0.717) is 23.7 Å². The smallest absolute Gasteiger partial charge is 0.195 e. The molecular weight excluding hydrogens is 440 g/mol. The molecule has 0 aromatic rings. The van der Waals surface area contributed by atoms with Crippen molar-refractivity contribution in [1.82, 2.24) is 0 Å². The minimum absolute atomic E-state index is 0.149. The first-order chi connectivity index (χ1) is 15.0. The number of aliphatic hydroxyl groups excluding tert-OH is 1. The maximum atomic E-state index is 9.24. The van der Waals surface area contributed by atoms with Gasteiger partial charge in [-0.05, 0) is 79.7 Å². The lowest BCUT2D eigenvalue weighted by Gasteiger charge is -2.59. The predicted molar refractivity (Wildman–Crippen MR) is 144 cm³/mol. The zero-order chi connectivity index (χ0) is 25.0. The van der Waals surface area contributed by atoms with Crippen molar-refractivity contribution in [2.24, 2.45) is 23.7 Å². The number of hydrogen-bond donors (Lipinski definition) is 1. The molecule has 0 aliphatic heterocycles. The lowest BCUT2D eigenvalue weighted by atomic mass is 9.49. The van der Waals surface area contributed by atoms with Gasteiger partial charge >= 0.3 is 0 Å². The van der Waals surface area contributed by atoms with Crippen LogP contribution in [-0.2, 0) is 8.85 Å². The molecule has 3 aliphatic rings. The maximum absolute atomic E-state index is 9.24. The highest BCUT2D eigenvalue weighted by Crippen LogP contribution is 2.61. The zero-order valence-electron chi connectivity index (χ0n) is 23.3. The Bertz CT molecular complexity index is 811. The average molecular weight is 491 g/mol. The molecule has 3 aliphatic carbocycles. The van der Waals surface area contributed by atoms with Gasteiger partial charge in [0.2, 0.25) is 0 Å². The van der Waals surface area contributed by atoms with Gasteiger partial charge in [-0.1, -0.05) is 72.0 Å². The summed E-state index contributed by atoms with van der Waals surface area (Å²) in [6, 6.07) is 0. The van der Waals surface area contributed by atoms with E-state index in [4.69, 9.17) is 8.85 Å².